The first-order chi connectivity index (χ1) is 10.4. The van der Waals surface area contributed by atoms with Gasteiger partial charge in [-0.15, -0.1) is 0 Å². The van der Waals surface area contributed by atoms with Gasteiger partial charge in [-0.25, -0.2) is 4.98 Å². The molecule has 0 amide bonds. The molecule has 110 valence electrons. The highest BCUT2D eigenvalue weighted by atomic mass is 16.7. The summed E-state index contributed by atoms with van der Waals surface area (Å²) < 4.78 is 16.5. The number of benzene rings is 1. The Morgan fingerprint density at radius 2 is 2.14 bits per heavy atom. The van der Waals surface area contributed by atoms with E-state index in [2.05, 4.69) is 17.2 Å². The number of nitrogens with one attached hydrogen (secondary N) is 1. The molecular weight excluding hydrogens is 268 g/mol. The molecule has 1 aliphatic heterocycles. The van der Waals surface area contributed by atoms with Crippen molar-refractivity contribution in [3.05, 3.63) is 47.7 Å². The minimum Gasteiger partial charge on any atom is -0.473 e. The van der Waals surface area contributed by atoms with Gasteiger partial charge in [0.2, 0.25) is 12.7 Å². The summed E-state index contributed by atoms with van der Waals surface area (Å²) in [7, 11) is 0. The zero-order valence-corrected chi connectivity index (χ0v) is 12.0. The van der Waals surface area contributed by atoms with Crippen LogP contribution in [0.1, 0.15) is 18.1 Å². The number of hydrogen-bond donors (Lipinski definition) is 1. The Labute approximate surface area is 123 Å². The van der Waals surface area contributed by atoms with E-state index in [1.165, 1.54) is 0 Å². The fourth-order valence-corrected chi connectivity index (χ4v) is 2.13. The summed E-state index contributed by atoms with van der Waals surface area (Å²) in [5.41, 5.74) is 2.08. The van der Waals surface area contributed by atoms with Crippen LogP contribution in [0.4, 0.5) is 0 Å². The summed E-state index contributed by atoms with van der Waals surface area (Å²) in [6.07, 6.45) is 1.74. The van der Waals surface area contributed by atoms with Crippen LogP contribution >= 0.6 is 0 Å². The van der Waals surface area contributed by atoms with Gasteiger partial charge >= 0.3 is 0 Å². The highest BCUT2D eigenvalue weighted by Crippen LogP contribution is 2.32. The predicted octanol–water partition coefficient (Wildman–Crippen LogP) is 2.50. The van der Waals surface area contributed by atoms with Crippen molar-refractivity contribution in [1.29, 1.82) is 0 Å². The Bertz CT molecular complexity index is 616. The Morgan fingerprint density at radius 3 is 3.05 bits per heavy atom. The molecule has 1 aromatic heterocycles. The Kier molecular flexibility index (Phi) is 4.21. The Morgan fingerprint density at radius 1 is 1.24 bits per heavy atom. The number of fused-ring (bicyclic) bond motifs is 1. The van der Waals surface area contributed by atoms with Crippen molar-refractivity contribution in [2.75, 3.05) is 13.3 Å². The minimum atomic E-state index is 0.284. The Hall–Kier alpha value is -2.27. The fraction of sp³-hybridized carbons (Fsp3) is 0.312. The molecule has 0 radical (unpaired) electrons. The summed E-state index contributed by atoms with van der Waals surface area (Å²) in [5.74, 6) is 2.21. The summed E-state index contributed by atoms with van der Waals surface area (Å²) in [6, 6.07) is 9.75. The molecule has 2 aromatic rings. The molecule has 0 spiro atoms. The van der Waals surface area contributed by atoms with Crippen LogP contribution in [0.2, 0.25) is 0 Å². The van der Waals surface area contributed by atoms with Gasteiger partial charge in [0.05, 0.1) is 0 Å². The van der Waals surface area contributed by atoms with Crippen LogP contribution in [0.15, 0.2) is 36.5 Å². The number of hydrogen-bond acceptors (Lipinski definition) is 5. The average molecular weight is 286 g/mol. The van der Waals surface area contributed by atoms with Gasteiger partial charge in [0.15, 0.2) is 11.5 Å². The quantitative estimate of drug-likeness (QED) is 0.884. The molecule has 0 saturated heterocycles. The predicted molar refractivity (Wildman–Crippen MR) is 78.5 cm³/mol. The second-order valence-corrected chi connectivity index (χ2v) is 4.72. The number of rotatable bonds is 6. The van der Waals surface area contributed by atoms with Gasteiger partial charge in [-0.1, -0.05) is 19.1 Å². The maximum Gasteiger partial charge on any atom is 0.231 e. The summed E-state index contributed by atoms with van der Waals surface area (Å²) in [6.45, 7) is 4.47. The first-order valence-electron chi connectivity index (χ1n) is 7.02. The van der Waals surface area contributed by atoms with Crippen molar-refractivity contribution in [2.45, 2.75) is 20.1 Å². The van der Waals surface area contributed by atoms with E-state index in [9.17, 15) is 0 Å². The van der Waals surface area contributed by atoms with Crippen molar-refractivity contribution >= 4 is 0 Å². The maximum absolute atomic E-state index is 5.83. The second-order valence-electron chi connectivity index (χ2n) is 4.72. The maximum atomic E-state index is 5.83. The summed E-state index contributed by atoms with van der Waals surface area (Å²) in [4.78, 5) is 4.30. The summed E-state index contributed by atoms with van der Waals surface area (Å²) >= 11 is 0. The summed E-state index contributed by atoms with van der Waals surface area (Å²) in [5, 5.41) is 3.28. The first-order valence-corrected chi connectivity index (χ1v) is 7.02. The first kappa shape index (κ1) is 13.7. The molecule has 5 heteroatoms. The van der Waals surface area contributed by atoms with Crippen molar-refractivity contribution in [3.63, 3.8) is 0 Å². The molecule has 0 fully saturated rings. The Balaban J connectivity index is 1.67. The molecule has 0 atom stereocenters. The normalized spacial score (nSPS) is 12.4. The van der Waals surface area contributed by atoms with Gasteiger partial charge < -0.3 is 19.5 Å². The van der Waals surface area contributed by atoms with E-state index in [0.717, 1.165) is 35.7 Å². The van der Waals surface area contributed by atoms with Crippen LogP contribution in [0.5, 0.6) is 17.4 Å². The molecule has 1 N–H and O–H groups in total. The number of ether oxygens (including phenoxy) is 3. The van der Waals surface area contributed by atoms with Crippen LogP contribution < -0.4 is 19.5 Å². The van der Waals surface area contributed by atoms with Crippen molar-refractivity contribution in [1.82, 2.24) is 10.3 Å². The lowest BCUT2D eigenvalue weighted by Gasteiger charge is -2.10. The van der Waals surface area contributed by atoms with Gasteiger partial charge in [-0.2, -0.15) is 0 Å². The lowest BCUT2D eigenvalue weighted by Crippen LogP contribution is -2.13. The van der Waals surface area contributed by atoms with Gasteiger partial charge in [-0.05, 0) is 30.3 Å². The van der Waals surface area contributed by atoms with E-state index in [1.807, 2.05) is 30.3 Å². The molecule has 0 unspecified atom stereocenters. The molecule has 0 aliphatic carbocycles. The zero-order valence-electron chi connectivity index (χ0n) is 12.0. The number of nitrogens with zero attached hydrogens (tertiary/aromatic N) is 1. The van der Waals surface area contributed by atoms with E-state index in [0.29, 0.717) is 12.5 Å². The minimum absolute atomic E-state index is 0.284. The molecule has 1 aliphatic rings. The van der Waals surface area contributed by atoms with Gasteiger partial charge in [0, 0.05) is 18.3 Å². The molecule has 3 rings (SSSR count). The lowest BCUT2D eigenvalue weighted by atomic mass is 10.2. The van der Waals surface area contributed by atoms with Crippen LogP contribution in [-0.2, 0) is 13.2 Å². The smallest absolute Gasteiger partial charge is 0.231 e. The van der Waals surface area contributed by atoms with E-state index in [4.69, 9.17) is 14.2 Å². The molecule has 1 aromatic carbocycles. The molecular formula is C16H18N2O3. The van der Waals surface area contributed by atoms with Crippen molar-refractivity contribution in [3.8, 4) is 17.4 Å². The van der Waals surface area contributed by atoms with Gasteiger partial charge in [0.1, 0.15) is 6.61 Å². The third kappa shape index (κ3) is 3.25. The lowest BCUT2D eigenvalue weighted by molar-refractivity contribution is 0.174. The second kappa shape index (κ2) is 6.45. The highest BCUT2D eigenvalue weighted by Gasteiger charge is 2.13. The van der Waals surface area contributed by atoms with E-state index < -0.39 is 0 Å². The topological polar surface area (TPSA) is 52.6 Å². The average Bonchev–Trinajstić information content (AvgIpc) is 2.99. The van der Waals surface area contributed by atoms with Crippen LogP contribution in [0.25, 0.3) is 0 Å². The van der Waals surface area contributed by atoms with Crippen molar-refractivity contribution in [2.24, 2.45) is 0 Å². The van der Waals surface area contributed by atoms with Gasteiger partial charge in [0.25, 0.3) is 0 Å². The largest absolute Gasteiger partial charge is 0.473 e. The van der Waals surface area contributed by atoms with Gasteiger partial charge in [-0.3, -0.25) is 0 Å². The molecule has 0 saturated carbocycles. The fourth-order valence-electron chi connectivity index (χ4n) is 2.13. The van der Waals surface area contributed by atoms with E-state index in [1.54, 1.807) is 6.20 Å². The third-order valence-electron chi connectivity index (χ3n) is 3.23. The van der Waals surface area contributed by atoms with Crippen LogP contribution in [-0.4, -0.2) is 18.3 Å². The number of pyridine rings is 1. The zero-order chi connectivity index (χ0) is 14.5. The highest BCUT2D eigenvalue weighted by molar-refractivity contribution is 5.44. The van der Waals surface area contributed by atoms with E-state index >= 15 is 0 Å². The molecule has 5 nitrogen and oxygen atoms in total. The molecule has 21 heavy (non-hydrogen) atoms. The van der Waals surface area contributed by atoms with Crippen LogP contribution in [0.3, 0.4) is 0 Å². The van der Waals surface area contributed by atoms with E-state index in [-0.39, 0.29) is 6.79 Å². The van der Waals surface area contributed by atoms with Crippen molar-refractivity contribution < 1.29 is 14.2 Å². The van der Waals surface area contributed by atoms with Crippen LogP contribution in [0, 0.1) is 0 Å². The number of aromatic nitrogens is 1. The molecule has 2 heterocycles. The SMILES string of the molecule is CCNCc1cccnc1OCc1ccc2c(c1)OCO2. The monoisotopic (exact) mass is 286 g/mol. The molecule has 0 bridgehead atoms. The third-order valence-corrected chi connectivity index (χ3v) is 3.23. The standard InChI is InChI=1S/C16H18N2O3/c1-2-17-9-13-4-3-7-18-16(13)19-10-12-5-6-14-15(8-12)21-11-20-14/h3-8,17H,2,9-11H2,1H3.